The van der Waals surface area contributed by atoms with Gasteiger partial charge in [0.1, 0.15) is 28.7 Å². The van der Waals surface area contributed by atoms with E-state index in [0.29, 0.717) is 27.6 Å². The Labute approximate surface area is 241 Å². The van der Waals surface area contributed by atoms with Gasteiger partial charge in [-0.1, -0.05) is 12.1 Å². The molecule has 2 atom stereocenters. The Morgan fingerprint density at radius 2 is 1.79 bits per heavy atom. The number of hydrogen-bond acceptors (Lipinski definition) is 9. The highest BCUT2D eigenvalue weighted by Crippen LogP contribution is 2.36. The molecule has 1 saturated heterocycles. The smallest absolute Gasteiger partial charge is 0.534 e. The Morgan fingerprint density at radius 3 is 2.33 bits per heavy atom. The zero-order valence-electron chi connectivity index (χ0n) is 21.8. The van der Waals surface area contributed by atoms with Gasteiger partial charge in [0, 0.05) is 0 Å². The standard InChI is InChI=1S/C22H22BF2N4O12PS/c1-43(39,40)29-6-5-28(22(29)34)21(33)27-16(11-7-13(24)18(14(25)8-11)42(36,37)38)19(30)26-15-9-10-3-2-4-12(20(31)32)17(10)41-23(15)35/h2-4,7-8,15-16,35H,5-6,9H2,1H3,(H,26,30)(H,27,33)(H,31,32)(H2,36,37,38)/t15-,16?/m0/s1. The van der Waals surface area contributed by atoms with Crippen molar-refractivity contribution in [3.05, 3.63) is 58.7 Å². The van der Waals surface area contributed by atoms with Gasteiger partial charge in [-0.05, 0) is 35.7 Å². The van der Waals surface area contributed by atoms with Gasteiger partial charge in [-0.15, -0.1) is 0 Å². The van der Waals surface area contributed by atoms with Gasteiger partial charge in [-0.2, -0.15) is 0 Å². The lowest BCUT2D eigenvalue weighted by Crippen LogP contribution is -2.56. The van der Waals surface area contributed by atoms with Crippen LogP contribution < -0.4 is 20.6 Å². The highest BCUT2D eigenvalue weighted by atomic mass is 32.2. The third-order valence-electron chi connectivity index (χ3n) is 6.49. The summed E-state index contributed by atoms with van der Waals surface area (Å²) in [5, 5.41) is 22.6. The summed E-state index contributed by atoms with van der Waals surface area (Å²) in [7, 11) is -11.4. The molecule has 2 aromatic rings. The molecule has 0 aromatic heterocycles. The number of carbonyl (C=O) groups is 4. The van der Waals surface area contributed by atoms with Crippen LogP contribution in [0.25, 0.3) is 0 Å². The molecule has 6 N–H and O–H groups in total. The summed E-state index contributed by atoms with van der Waals surface area (Å²) < 4.78 is 70.2. The van der Waals surface area contributed by atoms with E-state index in [2.05, 4.69) is 5.32 Å². The number of carboxylic acid groups (broad SMARTS) is 1. The molecule has 0 bridgehead atoms. The number of imide groups is 1. The van der Waals surface area contributed by atoms with Gasteiger partial charge in [0.15, 0.2) is 0 Å². The summed E-state index contributed by atoms with van der Waals surface area (Å²) in [5.74, 6) is -7.64. The van der Waals surface area contributed by atoms with Crippen molar-refractivity contribution in [1.29, 1.82) is 0 Å². The first-order chi connectivity index (χ1) is 19.9. The lowest BCUT2D eigenvalue weighted by atomic mass is 9.72. The van der Waals surface area contributed by atoms with Crippen molar-refractivity contribution in [2.75, 3.05) is 19.3 Å². The molecular formula is C22H22BF2N4O12PS. The van der Waals surface area contributed by atoms with Crippen LogP contribution in [0.2, 0.25) is 0 Å². The van der Waals surface area contributed by atoms with E-state index in [1.807, 2.05) is 5.32 Å². The van der Waals surface area contributed by atoms with Gasteiger partial charge in [-0.25, -0.2) is 40.8 Å². The highest BCUT2D eigenvalue weighted by molar-refractivity contribution is 7.88. The van der Waals surface area contributed by atoms with E-state index in [0.717, 1.165) is 0 Å². The van der Waals surface area contributed by atoms with Gasteiger partial charge in [0.2, 0.25) is 15.9 Å². The van der Waals surface area contributed by atoms with Crippen LogP contribution in [-0.4, -0.2) is 93.9 Å². The second-order valence-electron chi connectivity index (χ2n) is 9.46. The molecule has 2 aliphatic heterocycles. The third kappa shape index (κ3) is 6.47. The number of carbonyl (C=O) groups excluding carboxylic acids is 3. The lowest BCUT2D eigenvalue weighted by Gasteiger charge is -2.30. The zero-order valence-corrected chi connectivity index (χ0v) is 23.5. The maximum absolute atomic E-state index is 14.7. The number of benzene rings is 2. The second-order valence-corrected chi connectivity index (χ2v) is 12.9. The van der Waals surface area contributed by atoms with E-state index in [4.69, 9.17) is 4.65 Å². The number of sulfonamides is 1. The quantitative estimate of drug-likeness (QED) is 0.158. The van der Waals surface area contributed by atoms with E-state index in [-0.39, 0.29) is 23.3 Å². The second kappa shape index (κ2) is 11.5. The molecule has 5 amide bonds. The topological polar surface area (TPSA) is 240 Å². The van der Waals surface area contributed by atoms with Gasteiger partial charge >= 0.3 is 32.7 Å². The molecule has 21 heteroatoms. The number of para-hydroxylation sites is 1. The van der Waals surface area contributed by atoms with Crippen molar-refractivity contribution in [3.8, 4) is 5.75 Å². The van der Waals surface area contributed by atoms with Gasteiger partial charge in [0.05, 0.1) is 30.8 Å². The Kier molecular flexibility index (Phi) is 8.54. The Morgan fingerprint density at radius 1 is 1.16 bits per heavy atom. The predicted molar refractivity (Wildman–Crippen MR) is 141 cm³/mol. The molecule has 4 rings (SSSR count). The van der Waals surface area contributed by atoms with Crippen LogP contribution >= 0.6 is 7.60 Å². The van der Waals surface area contributed by atoms with Crippen LogP contribution in [0, 0.1) is 11.6 Å². The number of hydrogen-bond donors (Lipinski definition) is 6. The summed E-state index contributed by atoms with van der Waals surface area (Å²) in [6, 6.07) is 0.0336. The number of amides is 5. The first kappa shape index (κ1) is 31.8. The van der Waals surface area contributed by atoms with Crippen LogP contribution in [0.3, 0.4) is 0 Å². The van der Waals surface area contributed by atoms with Crippen LogP contribution in [-0.2, 0) is 25.8 Å². The average Bonchev–Trinajstić information content (AvgIpc) is 3.27. The number of rotatable bonds is 7. The SMILES string of the molecule is CS(=O)(=O)N1CCN(C(=O)NC(C(=O)N[C@H]2Cc3cccc(C(=O)O)c3OB2O)c2cc(F)c(P(=O)(O)O)c(F)c2)C1=O. The number of carboxylic acids is 1. The number of aromatic carboxylic acids is 1. The van der Waals surface area contributed by atoms with Crippen molar-refractivity contribution in [1.82, 2.24) is 19.8 Å². The lowest BCUT2D eigenvalue weighted by molar-refractivity contribution is -0.123. The minimum absolute atomic E-state index is 0.169. The Hall–Kier alpha value is -4.10. The minimum Gasteiger partial charge on any atom is -0.534 e. The molecule has 1 unspecified atom stereocenters. The van der Waals surface area contributed by atoms with Crippen molar-refractivity contribution in [2.45, 2.75) is 18.4 Å². The molecule has 16 nitrogen and oxygen atoms in total. The number of nitrogens with one attached hydrogen (secondary N) is 2. The fourth-order valence-electron chi connectivity index (χ4n) is 4.53. The first-order valence-electron chi connectivity index (χ1n) is 12.0. The molecule has 0 saturated carbocycles. The van der Waals surface area contributed by atoms with Gasteiger partial charge in [0.25, 0.3) is 0 Å². The Bertz CT molecular complexity index is 1670. The van der Waals surface area contributed by atoms with Gasteiger partial charge < -0.3 is 35.2 Å². The largest absolute Gasteiger partial charge is 0.547 e. The van der Waals surface area contributed by atoms with Crippen molar-refractivity contribution < 1.29 is 65.5 Å². The molecule has 0 radical (unpaired) electrons. The van der Waals surface area contributed by atoms with E-state index >= 15 is 0 Å². The molecule has 0 aliphatic carbocycles. The maximum atomic E-state index is 14.7. The molecule has 2 aliphatic rings. The van der Waals surface area contributed by atoms with Crippen LogP contribution in [0.5, 0.6) is 5.75 Å². The molecule has 1 fully saturated rings. The van der Waals surface area contributed by atoms with Crippen LogP contribution in [0.4, 0.5) is 18.4 Å². The molecule has 230 valence electrons. The number of fused-ring (bicyclic) bond motifs is 1. The molecule has 2 heterocycles. The zero-order chi connectivity index (χ0) is 32.0. The fraction of sp³-hybridized carbons (Fsp3) is 0.273. The van der Waals surface area contributed by atoms with Gasteiger partial charge in [-0.3, -0.25) is 9.36 Å². The van der Waals surface area contributed by atoms with Crippen LogP contribution in [0.15, 0.2) is 30.3 Å². The summed E-state index contributed by atoms with van der Waals surface area (Å²) in [6.45, 7) is -0.880. The van der Waals surface area contributed by atoms with Crippen molar-refractivity contribution in [2.24, 2.45) is 0 Å². The van der Waals surface area contributed by atoms with Crippen molar-refractivity contribution >= 4 is 54.0 Å². The third-order valence-corrected chi connectivity index (χ3v) is 8.64. The summed E-state index contributed by atoms with van der Waals surface area (Å²) in [6.07, 6.45) is 0.504. The predicted octanol–water partition coefficient (Wildman–Crippen LogP) is -0.946. The van der Waals surface area contributed by atoms with E-state index in [1.54, 1.807) is 0 Å². The molecule has 2 aromatic carbocycles. The monoisotopic (exact) mass is 646 g/mol. The van der Waals surface area contributed by atoms with E-state index < -0.39 is 96.3 Å². The van der Waals surface area contributed by atoms with E-state index in [1.165, 1.54) is 18.2 Å². The summed E-state index contributed by atoms with van der Waals surface area (Å²) in [4.78, 5) is 69.4. The normalized spacial score (nSPS) is 17.7. The number of halogens is 2. The molecule has 43 heavy (non-hydrogen) atoms. The molecular weight excluding hydrogens is 624 g/mol. The first-order valence-corrected chi connectivity index (χ1v) is 15.5. The highest BCUT2D eigenvalue weighted by Gasteiger charge is 2.42. The Balaban J connectivity index is 1.66. The summed E-state index contributed by atoms with van der Waals surface area (Å²) in [5.41, 5.74) is -0.715. The van der Waals surface area contributed by atoms with Crippen molar-refractivity contribution in [3.63, 3.8) is 0 Å². The minimum atomic E-state index is -5.47. The van der Waals surface area contributed by atoms with Crippen LogP contribution in [0.1, 0.15) is 27.5 Å². The average molecular weight is 646 g/mol. The summed E-state index contributed by atoms with van der Waals surface area (Å²) >= 11 is 0. The molecule has 0 spiro atoms. The number of urea groups is 2. The fourth-order valence-corrected chi connectivity index (χ4v) is 6.01. The van der Waals surface area contributed by atoms with E-state index in [9.17, 15) is 60.9 Å². The maximum Gasteiger partial charge on any atom is 0.547 e. The number of nitrogens with zero attached hydrogens (tertiary/aromatic N) is 2.